The zero-order valence-corrected chi connectivity index (χ0v) is 17.6. The molecule has 0 bridgehead atoms. The van der Waals surface area contributed by atoms with E-state index in [1.54, 1.807) is 28.8 Å². The lowest BCUT2D eigenvalue weighted by Gasteiger charge is -2.18. The van der Waals surface area contributed by atoms with Crippen molar-refractivity contribution in [1.82, 2.24) is 14.0 Å². The highest BCUT2D eigenvalue weighted by atomic mass is 19.4. The van der Waals surface area contributed by atoms with Crippen LogP contribution in [-0.4, -0.2) is 39.4 Å². The van der Waals surface area contributed by atoms with Crippen LogP contribution >= 0.6 is 0 Å². The van der Waals surface area contributed by atoms with E-state index < -0.39 is 30.1 Å². The molecule has 1 aromatic heterocycles. The monoisotopic (exact) mass is 448 g/mol. The Morgan fingerprint density at radius 2 is 1.59 bits per heavy atom. The number of imidazole rings is 1. The molecule has 3 rings (SSSR count). The van der Waals surface area contributed by atoms with Gasteiger partial charge in [-0.15, -0.1) is 0 Å². The van der Waals surface area contributed by atoms with E-state index in [0.717, 1.165) is 23.5 Å². The van der Waals surface area contributed by atoms with E-state index in [9.17, 15) is 27.6 Å². The van der Waals surface area contributed by atoms with Gasteiger partial charge in [0, 0.05) is 13.6 Å². The second-order valence-electron chi connectivity index (χ2n) is 7.35. The molecule has 0 aliphatic carbocycles. The summed E-state index contributed by atoms with van der Waals surface area (Å²) in [6.45, 7) is 1.68. The van der Waals surface area contributed by atoms with Crippen molar-refractivity contribution in [3.63, 3.8) is 0 Å². The topological polar surface area (TPSA) is 76.3 Å². The van der Waals surface area contributed by atoms with Gasteiger partial charge in [-0.05, 0) is 30.7 Å². The molecule has 1 N–H and O–H groups in total. The van der Waals surface area contributed by atoms with Crippen molar-refractivity contribution in [2.24, 2.45) is 0 Å². The van der Waals surface area contributed by atoms with Gasteiger partial charge in [0.05, 0.1) is 28.8 Å². The molecule has 0 aliphatic rings. The number of amides is 2. The van der Waals surface area contributed by atoms with Gasteiger partial charge >= 0.3 is 11.9 Å². The molecule has 0 saturated heterocycles. The molecule has 0 spiro atoms. The first-order valence-corrected chi connectivity index (χ1v) is 10.0. The maximum Gasteiger partial charge on any atom is 0.418 e. The summed E-state index contributed by atoms with van der Waals surface area (Å²) in [6, 6.07) is 11.7. The fourth-order valence-electron chi connectivity index (χ4n) is 3.45. The van der Waals surface area contributed by atoms with E-state index in [1.807, 2.05) is 6.92 Å². The van der Waals surface area contributed by atoms with Gasteiger partial charge in [-0.25, -0.2) is 4.79 Å². The Balaban J connectivity index is 1.73. The maximum atomic E-state index is 13.1. The molecule has 0 saturated carbocycles. The summed E-state index contributed by atoms with van der Waals surface area (Å²) in [6.07, 6.45) is -3.89. The second kappa shape index (κ2) is 9.29. The van der Waals surface area contributed by atoms with E-state index in [-0.39, 0.29) is 17.9 Å². The Kier molecular flexibility index (Phi) is 6.71. The van der Waals surface area contributed by atoms with E-state index in [0.29, 0.717) is 17.6 Å². The Bertz CT molecular complexity index is 1200. The van der Waals surface area contributed by atoms with Crippen molar-refractivity contribution in [2.75, 3.05) is 18.9 Å². The third-order valence-electron chi connectivity index (χ3n) is 4.98. The van der Waals surface area contributed by atoms with Gasteiger partial charge in [0.2, 0.25) is 11.8 Å². The number of aryl methyl sites for hydroxylation is 1. The van der Waals surface area contributed by atoms with Crippen LogP contribution in [0.5, 0.6) is 0 Å². The van der Waals surface area contributed by atoms with Crippen LogP contribution in [0.3, 0.4) is 0 Å². The first-order valence-electron chi connectivity index (χ1n) is 10.0. The van der Waals surface area contributed by atoms with E-state index in [1.165, 1.54) is 23.7 Å². The Morgan fingerprint density at radius 3 is 2.22 bits per heavy atom. The summed E-state index contributed by atoms with van der Waals surface area (Å²) < 4.78 is 42.2. The van der Waals surface area contributed by atoms with Gasteiger partial charge in [0.15, 0.2) is 0 Å². The molecule has 0 radical (unpaired) electrons. The molecule has 0 unspecified atom stereocenters. The van der Waals surface area contributed by atoms with Gasteiger partial charge < -0.3 is 10.2 Å². The number of carbonyl (C=O) groups excluding carboxylic acids is 2. The molecular formula is C22H23F3N4O3. The van der Waals surface area contributed by atoms with E-state index >= 15 is 0 Å². The molecule has 0 aliphatic heterocycles. The van der Waals surface area contributed by atoms with Crippen LogP contribution in [0.2, 0.25) is 0 Å². The van der Waals surface area contributed by atoms with Gasteiger partial charge in [-0.2, -0.15) is 13.2 Å². The summed E-state index contributed by atoms with van der Waals surface area (Å²) in [7, 11) is 1.36. The second-order valence-corrected chi connectivity index (χ2v) is 7.35. The molecular weight excluding hydrogens is 425 g/mol. The summed E-state index contributed by atoms with van der Waals surface area (Å²) >= 11 is 0. The first kappa shape index (κ1) is 23.1. The van der Waals surface area contributed by atoms with Crippen LogP contribution in [0, 0.1) is 0 Å². The smallest absolute Gasteiger partial charge is 0.335 e. The average Bonchev–Trinajstić information content (AvgIpc) is 2.99. The molecule has 0 atom stereocenters. The van der Waals surface area contributed by atoms with Gasteiger partial charge in [0.25, 0.3) is 0 Å². The lowest BCUT2D eigenvalue weighted by molar-refractivity contribution is -0.137. The van der Waals surface area contributed by atoms with Crippen LogP contribution in [-0.2, 0) is 28.9 Å². The van der Waals surface area contributed by atoms with Crippen molar-refractivity contribution in [2.45, 2.75) is 32.6 Å². The van der Waals surface area contributed by atoms with Crippen molar-refractivity contribution >= 4 is 28.5 Å². The molecule has 170 valence electrons. The summed E-state index contributed by atoms with van der Waals surface area (Å²) in [5.74, 6) is -1.30. The third kappa shape index (κ3) is 4.84. The van der Waals surface area contributed by atoms with Crippen molar-refractivity contribution in [3.05, 3.63) is 64.6 Å². The lowest BCUT2D eigenvalue weighted by Crippen LogP contribution is -2.39. The number of hydrogen-bond donors (Lipinski definition) is 1. The number of para-hydroxylation sites is 3. The highest BCUT2D eigenvalue weighted by Gasteiger charge is 2.33. The summed E-state index contributed by atoms with van der Waals surface area (Å²) in [5.41, 5.74) is -0.395. The molecule has 32 heavy (non-hydrogen) atoms. The molecule has 3 aromatic rings. The summed E-state index contributed by atoms with van der Waals surface area (Å²) in [5, 5.41) is 2.20. The van der Waals surface area contributed by atoms with Crippen LogP contribution in [0.4, 0.5) is 18.9 Å². The third-order valence-corrected chi connectivity index (χ3v) is 4.98. The average molecular weight is 448 g/mol. The van der Waals surface area contributed by atoms with Crippen LogP contribution in [0.25, 0.3) is 11.0 Å². The number of fused-ring (bicyclic) bond motifs is 1. The van der Waals surface area contributed by atoms with Crippen molar-refractivity contribution in [1.29, 1.82) is 0 Å². The van der Waals surface area contributed by atoms with Crippen molar-refractivity contribution in [3.8, 4) is 0 Å². The fraction of sp³-hybridized carbons (Fsp3) is 0.318. The SMILES string of the molecule is CCCn1c(=O)n(CC(=O)N(C)CC(=O)Nc2ccccc2C(F)(F)F)c2ccccc21. The molecule has 1 heterocycles. The van der Waals surface area contributed by atoms with Gasteiger partial charge in [0.1, 0.15) is 6.54 Å². The predicted molar refractivity (Wildman–Crippen MR) is 114 cm³/mol. The molecule has 7 nitrogen and oxygen atoms in total. The number of rotatable bonds is 7. The standard InChI is InChI=1S/C22H23F3N4O3/c1-3-12-28-17-10-6-7-11-18(17)29(21(28)32)14-20(31)27(2)13-19(30)26-16-9-5-4-8-15(16)22(23,24)25/h4-11H,3,12-14H2,1-2H3,(H,26,30). The number of halogens is 3. The minimum Gasteiger partial charge on any atom is -0.335 e. The lowest BCUT2D eigenvalue weighted by atomic mass is 10.1. The Morgan fingerprint density at radius 1 is 1.00 bits per heavy atom. The van der Waals surface area contributed by atoms with Crippen molar-refractivity contribution < 1.29 is 22.8 Å². The van der Waals surface area contributed by atoms with Gasteiger partial charge in [-0.1, -0.05) is 31.2 Å². The summed E-state index contributed by atoms with van der Waals surface area (Å²) in [4.78, 5) is 38.8. The molecule has 10 heteroatoms. The molecule has 2 aromatic carbocycles. The predicted octanol–water partition coefficient (Wildman–Crippen LogP) is 3.33. The number of nitrogens with zero attached hydrogens (tertiary/aromatic N) is 3. The number of nitrogens with one attached hydrogen (secondary N) is 1. The van der Waals surface area contributed by atoms with Crippen LogP contribution in [0.15, 0.2) is 53.3 Å². The maximum absolute atomic E-state index is 13.1. The minimum atomic E-state index is -4.63. The Labute approximate surface area is 182 Å². The highest BCUT2D eigenvalue weighted by Crippen LogP contribution is 2.34. The number of aromatic nitrogens is 2. The fourth-order valence-corrected chi connectivity index (χ4v) is 3.45. The van der Waals surface area contributed by atoms with E-state index in [2.05, 4.69) is 5.32 Å². The number of anilines is 1. The number of likely N-dealkylation sites (N-methyl/N-ethyl adjacent to an activating group) is 1. The number of hydrogen-bond acceptors (Lipinski definition) is 3. The highest BCUT2D eigenvalue weighted by molar-refractivity contribution is 5.95. The zero-order valence-electron chi connectivity index (χ0n) is 17.6. The normalized spacial score (nSPS) is 11.5. The minimum absolute atomic E-state index is 0.293. The quantitative estimate of drug-likeness (QED) is 0.603. The van der Waals surface area contributed by atoms with E-state index in [4.69, 9.17) is 0 Å². The zero-order chi connectivity index (χ0) is 23.5. The molecule has 0 fully saturated rings. The Hall–Kier alpha value is -3.56. The van der Waals surface area contributed by atoms with Crippen LogP contribution in [0.1, 0.15) is 18.9 Å². The largest absolute Gasteiger partial charge is 0.418 e. The molecule has 2 amide bonds. The number of alkyl halides is 3. The van der Waals surface area contributed by atoms with Gasteiger partial charge in [-0.3, -0.25) is 18.7 Å². The van der Waals surface area contributed by atoms with Crippen LogP contribution < -0.4 is 11.0 Å². The number of benzene rings is 2. The number of carbonyl (C=O) groups is 2. The first-order chi connectivity index (χ1) is 15.1.